The Balaban J connectivity index is 2.28. The van der Waals surface area contributed by atoms with E-state index in [1.807, 2.05) is 60.7 Å². The van der Waals surface area contributed by atoms with Crippen LogP contribution in [0.1, 0.15) is 18.6 Å². The van der Waals surface area contributed by atoms with Crippen LogP contribution in [-0.4, -0.2) is 10.1 Å². The standard InChI is InChI=1S/C17H15NO/c1-12(19)15-11-17(13-7-3-2-4-8-13)18-16-10-6-5-9-14(15)16/h2-12,19H,1H3. The average molecular weight is 249 g/mol. The van der Waals surface area contributed by atoms with Crippen molar-refractivity contribution in [1.29, 1.82) is 0 Å². The molecule has 1 heterocycles. The van der Waals surface area contributed by atoms with Gasteiger partial charge in [-0.1, -0.05) is 48.5 Å². The monoisotopic (exact) mass is 249 g/mol. The van der Waals surface area contributed by atoms with E-state index in [9.17, 15) is 5.11 Å². The fraction of sp³-hybridized carbons (Fsp3) is 0.118. The van der Waals surface area contributed by atoms with Crippen molar-refractivity contribution >= 4 is 10.9 Å². The van der Waals surface area contributed by atoms with E-state index in [0.717, 1.165) is 27.7 Å². The summed E-state index contributed by atoms with van der Waals surface area (Å²) in [6.45, 7) is 1.79. The number of pyridine rings is 1. The fourth-order valence-electron chi connectivity index (χ4n) is 2.30. The minimum atomic E-state index is -0.504. The third kappa shape index (κ3) is 2.23. The van der Waals surface area contributed by atoms with Crippen LogP contribution in [0.3, 0.4) is 0 Å². The van der Waals surface area contributed by atoms with Crippen LogP contribution in [0, 0.1) is 0 Å². The molecule has 0 saturated heterocycles. The van der Waals surface area contributed by atoms with Crippen molar-refractivity contribution in [2.24, 2.45) is 0 Å². The molecule has 2 aromatic carbocycles. The van der Waals surface area contributed by atoms with Gasteiger partial charge in [-0.3, -0.25) is 0 Å². The molecule has 0 amide bonds. The molecule has 0 aliphatic rings. The van der Waals surface area contributed by atoms with E-state index in [1.54, 1.807) is 6.92 Å². The molecule has 0 bridgehead atoms. The molecule has 19 heavy (non-hydrogen) atoms. The van der Waals surface area contributed by atoms with Gasteiger partial charge in [0, 0.05) is 10.9 Å². The van der Waals surface area contributed by atoms with Gasteiger partial charge in [-0.05, 0) is 24.6 Å². The van der Waals surface area contributed by atoms with Crippen LogP contribution in [0.5, 0.6) is 0 Å². The first-order chi connectivity index (χ1) is 9.25. The molecule has 0 spiro atoms. The Kier molecular flexibility index (Phi) is 3.02. The van der Waals surface area contributed by atoms with Crippen LogP contribution in [0.2, 0.25) is 0 Å². The van der Waals surface area contributed by atoms with E-state index in [2.05, 4.69) is 4.98 Å². The molecule has 1 N–H and O–H groups in total. The molecule has 1 unspecified atom stereocenters. The minimum Gasteiger partial charge on any atom is -0.389 e. The molecule has 3 aromatic rings. The average Bonchev–Trinajstić information content (AvgIpc) is 2.47. The number of fused-ring (bicyclic) bond motifs is 1. The predicted octanol–water partition coefficient (Wildman–Crippen LogP) is 3.96. The molecule has 1 aromatic heterocycles. The molecule has 0 aliphatic heterocycles. The maximum absolute atomic E-state index is 9.97. The molecule has 0 radical (unpaired) electrons. The third-order valence-electron chi connectivity index (χ3n) is 3.27. The van der Waals surface area contributed by atoms with E-state index >= 15 is 0 Å². The van der Waals surface area contributed by atoms with Crippen molar-refractivity contribution in [3.8, 4) is 11.3 Å². The number of aliphatic hydroxyl groups is 1. The van der Waals surface area contributed by atoms with Crippen molar-refractivity contribution in [3.63, 3.8) is 0 Å². The summed E-state index contributed by atoms with van der Waals surface area (Å²) in [4.78, 5) is 4.68. The van der Waals surface area contributed by atoms with Gasteiger partial charge in [0.05, 0.1) is 17.3 Å². The lowest BCUT2D eigenvalue weighted by Crippen LogP contribution is -1.96. The van der Waals surface area contributed by atoms with Crippen molar-refractivity contribution in [1.82, 2.24) is 4.98 Å². The number of benzene rings is 2. The quantitative estimate of drug-likeness (QED) is 0.745. The zero-order chi connectivity index (χ0) is 13.2. The van der Waals surface area contributed by atoms with Gasteiger partial charge in [0.15, 0.2) is 0 Å². The van der Waals surface area contributed by atoms with Crippen molar-refractivity contribution < 1.29 is 5.11 Å². The minimum absolute atomic E-state index is 0.504. The van der Waals surface area contributed by atoms with Crippen LogP contribution in [0.25, 0.3) is 22.2 Å². The van der Waals surface area contributed by atoms with Crippen LogP contribution in [-0.2, 0) is 0 Å². The summed E-state index contributed by atoms with van der Waals surface area (Å²) in [6, 6.07) is 19.9. The highest BCUT2D eigenvalue weighted by atomic mass is 16.3. The summed E-state index contributed by atoms with van der Waals surface area (Å²) < 4.78 is 0. The molecule has 0 saturated carbocycles. The van der Waals surface area contributed by atoms with Gasteiger partial charge in [-0.15, -0.1) is 0 Å². The van der Waals surface area contributed by atoms with Crippen molar-refractivity contribution in [3.05, 3.63) is 66.2 Å². The fourth-order valence-corrected chi connectivity index (χ4v) is 2.30. The molecule has 2 heteroatoms. The van der Waals surface area contributed by atoms with Gasteiger partial charge in [0.1, 0.15) is 0 Å². The number of aromatic nitrogens is 1. The molecule has 2 nitrogen and oxygen atoms in total. The Morgan fingerprint density at radius 1 is 0.947 bits per heavy atom. The van der Waals surface area contributed by atoms with E-state index in [4.69, 9.17) is 0 Å². The zero-order valence-electron chi connectivity index (χ0n) is 10.7. The van der Waals surface area contributed by atoms with Gasteiger partial charge in [0.2, 0.25) is 0 Å². The predicted molar refractivity (Wildman–Crippen MR) is 77.8 cm³/mol. The largest absolute Gasteiger partial charge is 0.389 e. The van der Waals surface area contributed by atoms with Crippen LogP contribution in [0.4, 0.5) is 0 Å². The highest BCUT2D eigenvalue weighted by Gasteiger charge is 2.10. The van der Waals surface area contributed by atoms with E-state index in [1.165, 1.54) is 0 Å². The lowest BCUT2D eigenvalue weighted by molar-refractivity contribution is 0.201. The molecular weight excluding hydrogens is 234 g/mol. The Bertz CT molecular complexity index is 705. The summed E-state index contributed by atoms with van der Waals surface area (Å²) in [5.41, 5.74) is 3.80. The number of hydrogen-bond acceptors (Lipinski definition) is 2. The highest BCUT2D eigenvalue weighted by Crippen LogP contribution is 2.28. The van der Waals surface area contributed by atoms with Gasteiger partial charge in [0.25, 0.3) is 0 Å². The number of para-hydroxylation sites is 1. The number of hydrogen-bond donors (Lipinski definition) is 1. The maximum Gasteiger partial charge on any atom is 0.0769 e. The van der Waals surface area contributed by atoms with Crippen molar-refractivity contribution in [2.45, 2.75) is 13.0 Å². The normalized spacial score (nSPS) is 12.5. The van der Waals surface area contributed by atoms with Gasteiger partial charge >= 0.3 is 0 Å². The number of aliphatic hydroxyl groups excluding tert-OH is 1. The summed E-state index contributed by atoms with van der Waals surface area (Å²) in [5.74, 6) is 0. The molecule has 1 atom stereocenters. The van der Waals surface area contributed by atoms with Gasteiger partial charge < -0.3 is 5.11 Å². The molecule has 0 aliphatic carbocycles. The van der Waals surface area contributed by atoms with Crippen LogP contribution >= 0.6 is 0 Å². The first kappa shape index (κ1) is 11.9. The second-order valence-electron chi connectivity index (χ2n) is 4.66. The maximum atomic E-state index is 9.97. The summed E-state index contributed by atoms with van der Waals surface area (Å²) >= 11 is 0. The molecule has 94 valence electrons. The Morgan fingerprint density at radius 2 is 1.63 bits per heavy atom. The lowest BCUT2D eigenvalue weighted by Gasteiger charge is -2.11. The topological polar surface area (TPSA) is 33.1 Å². The SMILES string of the molecule is CC(O)c1cc(-c2ccccc2)nc2ccccc12. The smallest absolute Gasteiger partial charge is 0.0769 e. The first-order valence-corrected chi connectivity index (χ1v) is 6.39. The Hall–Kier alpha value is -2.19. The van der Waals surface area contributed by atoms with Gasteiger partial charge in [-0.25, -0.2) is 4.98 Å². The van der Waals surface area contributed by atoms with E-state index in [-0.39, 0.29) is 0 Å². The van der Waals surface area contributed by atoms with E-state index < -0.39 is 6.10 Å². The molecule has 3 rings (SSSR count). The zero-order valence-corrected chi connectivity index (χ0v) is 10.7. The van der Waals surface area contributed by atoms with Crippen molar-refractivity contribution in [2.75, 3.05) is 0 Å². The summed E-state index contributed by atoms with van der Waals surface area (Å²) in [6.07, 6.45) is -0.504. The number of rotatable bonds is 2. The molecule has 0 fully saturated rings. The Morgan fingerprint density at radius 3 is 2.37 bits per heavy atom. The third-order valence-corrected chi connectivity index (χ3v) is 3.27. The first-order valence-electron chi connectivity index (χ1n) is 6.39. The second-order valence-corrected chi connectivity index (χ2v) is 4.66. The molecular formula is C17H15NO. The Labute approximate surface area is 112 Å². The van der Waals surface area contributed by atoms with E-state index in [0.29, 0.717) is 0 Å². The van der Waals surface area contributed by atoms with Crippen LogP contribution < -0.4 is 0 Å². The number of nitrogens with zero attached hydrogens (tertiary/aromatic N) is 1. The summed E-state index contributed by atoms with van der Waals surface area (Å²) in [5, 5.41) is 11.0. The van der Waals surface area contributed by atoms with Gasteiger partial charge in [-0.2, -0.15) is 0 Å². The second kappa shape index (κ2) is 4.82. The lowest BCUT2D eigenvalue weighted by atomic mass is 10.0. The highest BCUT2D eigenvalue weighted by molar-refractivity contribution is 5.85. The van der Waals surface area contributed by atoms with Crippen LogP contribution in [0.15, 0.2) is 60.7 Å². The summed E-state index contributed by atoms with van der Waals surface area (Å²) in [7, 11) is 0.